The minimum Gasteiger partial charge on any atom is -0.335 e. The van der Waals surface area contributed by atoms with Crippen LogP contribution in [-0.2, 0) is 10.0 Å². The molecular formula is C11H20ClN5O2S. The SMILES string of the molecule is Cl.O=S(=O)(c1cnc[nH]1)N1CCC(N2CCNCC2)C1. The molecule has 3 heterocycles. The summed E-state index contributed by atoms with van der Waals surface area (Å²) in [4.78, 5) is 8.86. The van der Waals surface area contributed by atoms with E-state index < -0.39 is 10.0 Å². The van der Waals surface area contributed by atoms with Crippen molar-refractivity contribution >= 4 is 22.4 Å². The molecule has 114 valence electrons. The molecule has 3 rings (SSSR count). The first kappa shape index (κ1) is 15.7. The number of halogens is 1. The van der Waals surface area contributed by atoms with Crippen molar-refractivity contribution in [1.82, 2.24) is 24.5 Å². The van der Waals surface area contributed by atoms with Gasteiger partial charge in [-0.15, -0.1) is 12.4 Å². The fourth-order valence-electron chi connectivity index (χ4n) is 2.80. The van der Waals surface area contributed by atoms with E-state index in [4.69, 9.17) is 0 Å². The van der Waals surface area contributed by atoms with Crippen LogP contribution in [0.2, 0.25) is 0 Å². The molecule has 0 amide bonds. The van der Waals surface area contributed by atoms with Crippen LogP contribution in [0.1, 0.15) is 6.42 Å². The summed E-state index contributed by atoms with van der Waals surface area (Å²) in [5.74, 6) is 0. The lowest BCUT2D eigenvalue weighted by atomic mass is 10.2. The van der Waals surface area contributed by atoms with E-state index in [1.54, 1.807) is 4.31 Å². The Bertz CT molecular complexity index is 515. The first-order chi connectivity index (χ1) is 9.18. The number of rotatable bonds is 3. The van der Waals surface area contributed by atoms with Gasteiger partial charge in [0, 0.05) is 45.3 Å². The molecule has 0 saturated carbocycles. The monoisotopic (exact) mass is 321 g/mol. The van der Waals surface area contributed by atoms with Gasteiger partial charge in [-0.05, 0) is 6.42 Å². The van der Waals surface area contributed by atoms with Crippen molar-refractivity contribution in [2.75, 3.05) is 39.3 Å². The zero-order valence-corrected chi connectivity index (χ0v) is 12.8. The zero-order valence-electron chi connectivity index (χ0n) is 11.2. The second-order valence-electron chi connectivity index (χ2n) is 5.01. The molecule has 1 aromatic rings. The third-order valence-electron chi connectivity index (χ3n) is 3.89. The number of hydrogen-bond donors (Lipinski definition) is 2. The molecule has 0 bridgehead atoms. The number of aromatic nitrogens is 2. The average Bonchev–Trinajstić information content (AvgIpc) is 3.12. The van der Waals surface area contributed by atoms with Crippen molar-refractivity contribution in [2.24, 2.45) is 0 Å². The topological polar surface area (TPSA) is 81.3 Å². The normalized spacial score (nSPS) is 25.5. The molecule has 2 aliphatic rings. The van der Waals surface area contributed by atoms with E-state index in [1.807, 2.05) is 0 Å². The lowest BCUT2D eigenvalue weighted by Gasteiger charge is -2.32. The Morgan fingerprint density at radius 2 is 2.00 bits per heavy atom. The Morgan fingerprint density at radius 3 is 2.65 bits per heavy atom. The number of nitrogens with one attached hydrogen (secondary N) is 2. The third kappa shape index (κ3) is 2.99. The lowest BCUT2D eigenvalue weighted by molar-refractivity contribution is 0.179. The number of hydrogen-bond acceptors (Lipinski definition) is 5. The van der Waals surface area contributed by atoms with Gasteiger partial charge in [-0.3, -0.25) is 4.90 Å². The van der Waals surface area contributed by atoms with Crippen LogP contribution in [0.3, 0.4) is 0 Å². The van der Waals surface area contributed by atoms with Crippen molar-refractivity contribution in [2.45, 2.75) is 17.5 Å². The molecule has 0 aliphatic carbocycles. The Labute approximate surface area is 125 Å². The molecule has 2 fully saturated rings. The smallest absolute Gasteiger partial charge is 0.260 e. The molecule has 7 nitrogen and oxygen atoms in total. The van der Waals surface area contributed by atoms with Crippen LogP contribution in [0, 0.1) is 0 Å². The van der Waals surface area contributed by atoms with Crippen molar-refractivity contribution in [3.8, 4) is 0 Å². The predicted octanol–water partition coefficient (Wildman–Crippen LogP) is -0.500. The molecule has 1 unspecified atom stereocenters. The van der Waals surface area contributed by atoms with Gasteiger partial charge in [0.25, 0.3) is 10.0 Å². The van der Waals surface area contributed by atoms with E-state index in [0.717, 1.165) is 32.6 Å². The summed E-state index contributed by atoms with van der Waals surface area (Å²) in [6.45, 7) is 5.16. The number of imidazole rings is 1. The van der Waals surface area contributed by atoms with Gasteiger partial charge in [-0.1, -0.05) is 0 Å². The Hall–Kier alpha value is -0.670. The largest absolute Gasteiger partial charge is 0.335 e. The zero-order chi connectivity index (χ0) is 13.3. The highest BCUT2D eigenvalue weighted by atomic mass is 35.5. The van der Waals surface area contributed by atoms with Gasteiger partial charge in [-0.25, -0.2) is 13.4 Å². The van der Waals surface area contributed by atoms with Crippen molar-refractivity contribution in [1.29, 1.82) is 0 Å². The van der Waals surface area contributed by atoms with Crippen LogP contribution in [0.5, 0.6) is 0 Å². The van der Waals surface area contributed by atoms with Crippen LogP contribution in [0.25, 0.3) is 0 Å². The fraction of sp³-hybridized carbons (Fsp3) is 0.727. The van der Waals surface area contributed by atoms with Gasteiger partial charge in [0.2, 0.25) is 0 Å². The third-order valence-corrected chi connectivity index (χ3v) is 5.68. The molecule has 0 radical (unpaired) electrons. The van der Waals surface area contributed by atoms with Gasteiger partial charge in [0.1, 0.15) is 0 Å². The highest BCUT2D eigenvalue weighted by molar-refractivity contribution is 7.89. The first-order valence-electron chi connectivity index (χ1n) is 6.61. The molecule has 2 saturated heterocycles. The minimum atomic E-state index is -3.39. The molecule has 9 heteroatoms. The Balaban J connectivity index is 0.00000147. The standard InChI is InChI=1S/C11H19N5O2S.ClH/c17-19(18,11-7-13-9-14-11)16-4-1-10(8-16)15-5-2-12-3-6-15;/h7,9-10,12H,1-6,8H2,(H,13,14);1H. The number of H-pyrrole nitrogens is 1. The summed E-state index contributed by atoms with van der Waals surface area (Å²) < 4.78 is 26.3. The van der Waals surface area contributed by atoms with Crippen LogP contribution < -0.4 is 5.32 Å². The predicted molar refractivity (Wildman–Crippen MR) is 77.4 cm³/mol. The van der Waals surface area contributed by atoms with Crippen molar-refractivity contribution in [3.05, 3.63) is 12.5 Å². The molecule has 1 atom stereocenters. The van der Waals surface area contributed by atoms with Crippen molar-refractivity contribution < 1.29 is 8.42 Å². The van der Waals surface area contributed by atoms with Gasteiger partial charge in [0.15, 0.2) is 5.03 Å². The first-order valence-corrected chi connectivity index (χ1v) is 8.05. The molecule has 0 aromatic carbocycles. The summed E-state index contributed by atoms with van der Waals surface area (Å²) >= 11 is 0. The van der Waals surface area contributed by atoms with E-state index in [9.17, 15) is 8.42 Å². The van der Waals surface area contributed by atoms with E-state index in [2.05, 4.69) is 20.2 Å². The maximum atomic E-state index is 12.3. The molecule has 20 heavy (non-hydrogen) atoms. The molecule has 0 spiro atoms. The molecule has 2 N–H and O–H groups in total. The van der Waals surface area contributed by atoms with E-state index in [0.29, 0.717) is 19.1 Å². The molecule has 2 aliphatic heterocycles. The van der Waals surface area contributed by atoms with Crippen molar-refractivity contribution in [3.63, 3.8) is 0 Å². The highest BCUT2D eigenvalue weighted by Gasteiger charge is 2.36. The fourth-order valence-corrected chi connectivity index (χ4v) is 4.19. The average molecular weight is 322 g/mol. The second kappa shape index (κ2) is 6.40. The van der Waals surface area contributed by atoms with E-state index in [-0.39, 0.29) is 17.4 Å². The van der Waals surface area contributed by atoms with Crippen LogP contribution >= 0.6 is 12.4 Å². The van der Waals surface area contributed by atoms with Gasteiger partial charge < -0.3 is 10.3 Å². The van der Waals surface area contributed by atoms with Crippen LogP contribution in [-0.4, -0.2) is 72.9 Å². The van der Waals surface area contributed by atoms with E-state index >= 15 is 0 Å². The van der Waals surface area contributed by atoms with Gasteiger partial charge in [-0.2, -0.15) is 4.31 Å². The Kier molecular flexibility index (Phi) is 5.03. The quantitative estimate of drug-likeness (QED) is 0.784. The Morgan fingerprint density at radius 1 is 1.25 bits per heavy atom. The summed E-state index contributed by atoms with van der Waals surface area (Å²) in [6, 6.07) is 0.347. The molecule has 1 aromatic heterocycles. The van der Waals surface area contributed by atoms with E-state index in [1.165, 1.54) is 12.5 Å². The summed E-state index contributed by atoms with van der Waals surface area (Å²) in [7, 11) is -3.39. The van der Waals surface area contributed by atoms with Gasteiger partial charge >= 0.3 is 0 Å². The summed E-state index contributed by atoms with van der Waals surface area (Å²) in [5, 5.41) is 3.50. The van der Waals surface area contributed by atoms with Crippen LogP contribution in [0.15, 0.2) is 17.6 Å². The number of piperazine rings is 1. The summed E-state index contributed by atoms with van der Waals surface area (Å²) in [6.07, 6.45) is 3.68. The minimum absolute atomic E-state index is 0. The number of nitrogens with zero attached hydrogens (tertiary/aromatic N) is 3. The number of sulfonamides is 1. The molecular weight excluding hydrogens is 302 g/mol. The second-order valence-corrected chi connectivity index (χ2v) is 6.91. The van der Waals surface area contributed by atoms with Crippen LogP contribution in [0.4, 0.5) is 0 Å². The lowest BCUT2D eigenvalue weighted by Crippen LogP contribution is -2.49. The maximum Gasteiger partial charge on any atom is 0.260 e. The van der Waals surface area contributed by atoms with Gasteiger partial charge in [0.05, 0.1) is 12.5 Å². The number of aromatic amines is 1. The maximum absolute atomic E-state index is 12.3. The summed E-state index contributed by atoms with van der Waals surface area (Å²) in [5.41, 5.74) is 0. The highest BCUT2D eigenvalue weighted by Crippen LogP contribution is 2.22.